The normalized spacial score (nSPS) is 12.7. The van der Waals surface area contributed by atoms with Crippen molar-refractivity contribution < 1.29 is 9.90 Å². The molecule has 1 aromatic heterocycles. The first kappa shape index (κ1) is 14.3. The Morgan fingerprint density at radius 1 is 1.53 bits per heavy atom. The molecule has 1 atom stereocenters. The number of benzene rings is 1. The molecule has 0 amide bonds. The highest BCUT2D eigenvalue weighted by molar-refractivity contribution is 8.01. The van der Waals surface area contributed by atoms with Crippen LogP contribution in [0.4, 0.5) is 0 Å². The summed E-state index contributed by atoms with van der Waals surface area (Å²) in [7, 11) is 0. The average Bonchev–Trinajstić information content (AvgIpc) is 2.80. The Hall–Kier alpha value is -1.11. The summed E-state index contributed by atoms with van der Waals surface area (Å²) in [5, 5.41) is 12.0. The van der Waals surface area contributed by atoms with Crippen LogP contribution in [0.3, 0.4) is 0 Å². The maximum absolute atomic E-state index is 11.0. The SMILES string of the molecule is CCNC(CCSc1nc2ccccc2s1)C(=O)O. The van der Waals surface area contributed by atoms with Crippen molar-refractivity contribution in [2.24, 2.45) is 0 Å². The highest BCUT2D eigenvalue weighted by Gasteiger charge is 2.15. The molecule has 0 aliphatic carbocycles. The van der Waals surface area contributed by atoms with E-state index in [1.54, 1.807) is 23.1 Å². The zero-order chi connectivity index (χ0) is 13.7. The van der Waals surface area contributed by atoms with Gasteiger partial charge in [0, 0.05) is 5.75 Å². The Labute approximate surface area is 120 Å². The molecular formula is C13H16N2O2S2. The van der Waals surface area contributed by atoms with Crippen molar-refractivity contribution in [1.29, 1.82) is 0 Å². The number of para-hydroxylation sites is 1. The fraction of sp³-hybridized carbons (Fsp3) is 0.385. The smallest absolute Gasteiger partial charge is 0.320 e. The number of nitrogens with zero attached hydrogens (tertiary/aromatic N) is 1. The second-order valence-corrected chi connectivity index (χ2v) is 6.41. The van der Waals surface area contributed by atoms with Crippen molar-refractivity contribution in [3.05, 3.63) is 24.3 Å². The van der Waals surface area contributed by atoms with Crippen LogP contribution in [-0.2, 0) is 4.79 Å². The Balaban J connectivity index is 1.89. The summed E-state index contributed by atoms with van der Waals surface area (Å²) in [5.41, 5.74) is 1.01. The van der Waals surface area contributed by atoms with Gasteiger partial charge in [-0.05, 0) is 25.1 Å². The third kappa shape index (κ3) is 3.92. The van der Waals surface area contributed by atoms with Gasteiger partial charge in [0.15, 0.2) is 4.34 Å². The van der Waals surface area contributed by atoms with Gasteiger partial charge in [-0.1, -0.05) is 30.8 Å². The van der Waals surface area contributed by atoms with Gasteiger partial charge in [0.25, 0.3) is 0 Å². The zero-order valence-electron chi connectivity index (χ0n) is 10.6. The molecule has 1 heterocycles. The number of nitrogens with one attached hydrogen (secondary N) is 1. The number of carboxylic acids is 1. The molecule has 1 unspecified atom stereocenters. The number of carbonyl (C=O) groups is 1. The molecule has 0 aliphatic rings. The standard InChI is InChI=1S/C13H16N2O2S2/c1-2-14-10(12(16)17)7-8-18-13-15-9-5-3-4-6-11(9)19-13/h3-6,10,14H,2,7-8H2,1H3,(H,16,17). The molecule has 2 rings (SSSR count). The first-order valence-corrected chi connectivity index (χ1v) is 7.95. The fourth-order valence-electron chi connectivity index (χ4n) is 1.74. The number of thioether (sulfide) groups is 1. The highest BCUT2D eigenvalue weighted by Crippen LogP contribution is 2.29. The van der Waals surface area contributed by atoms with Crippen LogP contribution in [0.2, 0.25) is 0 Å². The molecule has 0 saturated carbocycles. The third-order valence-electron chi connectivity index (χ3n) is 2.65. The topological polar surface area (TPSA) is 62.2 Å². The van der Waals surface area contributed by atoms with Gasteiger partial charge in [0.1, 0.15) is 6.04 Å². The molecule has 0 fully saturated rings. The maximum Gasteiger partial charge on any atom is 0.320 e. The summed E-state index contributed by atoms with van der Waals surface area (Å²) >= 11 is 3.28. The number of carboxylic acid groups (broad SMARTS) is 1. The summed E-state index contributed by atoms with van der Waals surface area (Å²) in [6.07, 6.45) is 0.601. The fourth-order valence-corrected chi connectivity index (χ4v) is 3.88. The van der Waals surface area contributed by atoms with E-state index in [1.165, 1.54) is 4.70 Å². The Kier molecular flexibility index (Phi) is 5.18. The summed E-state index contributed by atoms with van der Waals surface area (Å²) in [4.78, 5) is 15.5. The molecule has 4 nitrogen and oxygen atoms in total. The van der Waals surface area contributed by atoms with Crippen molar-refractivity contribution in [1.82, 2.24) is 10.3 Å². The largest absolute Gasteiger partial charge is 0.480 e. The number of hydrogen-bond acceptors (Lipinski definition) is 5. The van der Waals surface area contributed by atoms with E-state index in [9.17, 15) is 4.79 Å². The van der Waals surface area contributed by atoms with E-state index in [0.717, 1.165) is 15.6 Å². The van der Waals surface area contributed by atoms with E-state index in [4.69, 9.17) is 5.11 Å². The number of aliphatic carboxylic acids is 1. The number of thiazole rings is 1. The second-order valence-electron chi connectivity index (χ2n) is 4.03. The van der Waals surface area contributed by atoms with Crippen LogP contribution < -0.4 is 5.32 Å². The Morgan fingerprint density at radius 2 is 2.32 bits per heavy atom. The van der Waals surface area contributed by atoms with Crippen LogP contribution in [0.15, 0.2) is 28.6 Å². The van der Waals surface area contributed by atoms with Gasteiger partial charge in [0.05, 0.1) is 10.2 Å². The minimum absolute atomic E-state index is 0.466. The second kappa shape index (κ2) is 6.88. The molecule has 6 heteroatoms. The average molecular weight is 296 g/mol. The van der Waals surface area contributed by atoms with E-state index >= 15 is 0 Å². The van der Waals surface area contributed by atoms with Gasteiger partial charge in [-0.2, -0.15) is 0 Å². The first-order valence-electron chi connectivity index (χ1n) is 6.15. The number of rotatable bonds is 7. The van der Waals surface area contributed by atoms with E-state index in [-0.39, 0.29) is 0 Å². The maximum atomic E-state index is 11.0. The van der Waals surface area contributed by atoms with Gasteiger partial charge in [0.2, 0.25) is 0 Å². The van der Waals surface area contributed by atoms with E-state index < -0.39 is 12.0 Å². The molecular weight excluding hydrogens is 280 g/mol. The molecule has 0 aliphatic heterocycles. The van der Waals surface area contributed by atoms with Crippen LogP contribution >= 0.6 is 23.1 Å². The monoisotopic (exact) mass is 296 g/mol. The van der Waals surface area contributed by atoms with Gasteiger partial charge < -0.3 is 10.4 Å². The van der Waals surface area contributed by atoms with Gasteiger partial charge in [-0.3, -0.25) is 4.79 Å². The summed E-state index contributed by atoms with van der Waals surface area (Å²) in [6, 6.07) is 7.56. The van der Waals surface area contributed by atoms with E-state index in [1.807, 2.05) is 25.1 Å². The minimum atomic E-state index is -0.785. The predicted molar refractivity (Wildman–Crippen MR) is 80.1 cm³/mol. The van der Waals surface area contributed by atoms with Crippen LogP contribution in [0.5, 0.6) is 0 Å². The first-order chi connectivity index (χ1) is 9.20. The lowest BCUT2D eigenvalue weighted by Gasteiger charge is -2.11. The Bertz CT molecular complexity index is 523. The molecule has 102 valence electrons. The van der Waals surface area contributed by atoms with E-state index in [2.05, 4.69) is 16.4 Å². The van der Waals surface area contributed by atoms with Crippen molar-refractivity contribution in [2.75, 3.05) is 12.3 Å². The van der Waals surface area contributed by atoms with Gasteiger partial charge in [-0.25, -0.2) is 4.98 Å². The number of likely N-dealkylation sites (N-methyl/N-ethyl adjacent to an activating group) is 1. The van der Waals surface area contributed by atoms with Crippen LogP contribution in [-0.4, -0.2) is 34.4 Å². The Morgan fingerprint density at radius 3 is 3.00 bits per heavy atom. The van der Waals surface area contributed by atoms with Crippen molar-refractivity contribution >= 4 is 39.3 Å². The quantitative estimate of drug-likeness (QED) is 0.769. The van der Waals surface area contributed by atoms with Crippen molar-refractivity contribution in [3.8, 4) is 0 Å². The molecule has 19 heavy (non-hydrogen) atoms. The summed E-state index contributed by atoms with van der Waals surface area (Å²) in [5.74, 6) is -0.0317. The molecule has 0 saturated heterocycles. The van der Waals surface area contributed by atoms with Crippen LogP contribution in [0.25, 0.3) is 10.2 Å². The zero-order valence-corrected chi connectivity index (χ0v) is 12.3. The molecule has 0 radical (unpaired) electrons. The van der Waals surface area contributed by atoms with Crippen molar-refractivity contribution in [2.45, 2.75) is 23.7 Å². The van der Waals surface area contributed by atoms with Crippen LogP contribution in [0, 0.1) is 0 Å². The summed E-state index contributed by atoms with van der Waals surface area (Å²) < 4.78 is 2.17. The van der Waals surface area contributed by atoms with Gasteiger partial charge >= 0.3 is 5.97 Å². The lowest BCUT2D eigenvalue weighted by Crippen LogP contribution is -2.36. The van der Waals surface area contributed by atoms with Crippen molar-refractivity contribution in [3.63, 3.8) is 0 Å². The highest BCUT2D eigenvalue weighted by atomic mass is 32.2. The molecule has 1 aromatic carbocycles. The molecule has 0 spiro atoms. The number of fused-ring (bicyclic) bond motifs is 1. The minimum Gasteiger partial charge on any atom is -0.480 e. The van der Waals surface area contributed by atoms with Gasteiger partial charge in [-0.15, -0.1) is 11.3 Å². The lowest BCUT2D eigenvalue weighted by atomic mass is 10.2. The lowest BCUT2D eigenvalue weighted by molar-refractivity contribution is -0.139. The van der Waals surface area contributed by atoms with E-state index in [0.29, 0.717) is 13.0 Å². The molecule has 2 aromatic rings. The molecule has 2 N–H and O–H groups in total. The van der Waals surface area contributed by atoms with Crippen LogP contribution in [0.1, 0.15) is 13.3 Å². The number of aromatic nitrogens is 1. The molecule has 0 bridgehead atoms. The number of hydrogen-bond donors (Lipinski definition) is 2. The third-order valence-corrected chi connectivity index (χ3v) is 4.87. The summed E-state index contributed by atoms with van der Waals surface area (Å²) in [6.45, 7) is 2.58. The predicted octanol–water partition coefficient (Wildman–Crippen LogP) is 2.84.